The molecule has 0 aliphatic carbocycles. The molecular weight excluding hydrogens is 367 g/mol. The molecular formula is C17H18Cl2N2O2S. The Morgan fingerprint density at radius 3 is 2.29 bits per heavy atom. The van der Waals surface area contributed by atoms with Crippen molar-refractivity contribution >= 4 is 38.9 Å². The first-order chi connectivity index (χ1) is 11.4. The quantitative estimate of drug-likeness (QED) is 0.807. The van der Waals surface area contributed by atoms with Gasteiger partial charge < -0.3 is 4.90 Å². The zero-order chi connectivity index (χ0) is 17.3. The fourth-order valence-corrected chi connectivity index (χ4v) is 4.62. The molecule has 3 rings (SSSR count). The van der Waals surface area contributed by atoms with Crippen molar-refractivity contribution in [3.63, 3.8) is 0 Å². The van der Waals surface area contributed by atoms with E-state index in [9.17, 15) is 8.42 Å². The molecule has 0 bridgehead atoms. The normalized spacial score (nSPS) is 16.4. The van der Waals surface area contributed by atoms with E-state index in [2.05, 4.69) is 4.90 Å². The molecule has 0 amide bonds. The van der Waals surface area contributed by atoms with Crippen molar-refractivity contribution in [2.75, 3.05) is 31.1 Å². The van der Waals surface area contributed by atoms with Gasteiger partial charge in [-0.3, -0.25) is 0 Å². The highest BCUT2D eigenvalue weighted by Gasteiger charge is 2.28. The van der Waals surface area contributed by atoms with Gasteiger partial charge in [0, 0.05) is 41.9 Å². The lowest BCUT2D eigenvalue weighted by Gasteiger charge is -2.35. The van der Waals surface area contributed by atoms with Crippen molar-refractivity contribution in [1.29, 1.82) is 0 Å². The van der Waals surface area contributed by atoms with E-state index >= 15 is 0 Å². The van der Waals surface area contributed by atoms with E-state index in [1.54, 1.807) is 12.1 Å². The van der Waals surface area contributed by atoms with E-state index in [0.717, 1.165) is 11.3 Å². The number of piperazine rings is 1. The summed E-state index contributed by atoms with van der Waals surface area (Å²) in [6.07, 6.45) is 0. The Morgan fingerprint density at radius 2 is 1.67 bits per heavy atom. The molecule has 1 fully saturated rings. The molecule has 0 radical (unpaired) electrons. The molecule has 1 heterocycles. The maximum absolute atomic E-state index is 12.8. The van der Waals surface area contributed by atoms with Crippen LogP contribution in [0, 0.1) is 6.92 Å². The minimum Gasteiger partial charge on any atom is -0.369 e. The topological polar surface area (TPSA) is 40.6 Å². The number of anilines is 1. The molecule has 0 atom stereocenters. The molecule has 7 heteroatoms. The van der Waals surface area contributed by atoms with Crippen LogP contribution in [-0.2, 0) is 10.0 Å². The molecule has 24 heavy (non-hydrogen) atoms. The Balaban J connectivity index is 1.74. The van der Waals surface area contributed by atoms with Gasteiger partial charge >= 0.3 is 0 Å². The first-order valence-corrected chi connectivity index (χ1v) is 9.84. The van der Waals surface area contributed by atoms with E-state index < -0.39 is 10.0 Å². The van der Waals surface area contributed by atoms with Gasteiger partial charge in [-0.15, -0.1) is 0 Å². The summed E-state index contributed by atoms with van der Waals surface area (Å²) >= 11 is 12.1. The van der Waals surface area contributed by atoms with Gasteiger partial charge in [-0.2, -0.15) is 4.31 Å². The van der Waals surface area contributed by atoms with Crippen molar-refractivity contribution < 1.29 is 8.42 Å². The summed E-state index contributed by atoms with van der Waals surface area (Å²) in [7, 11) is -3.52. The lowest BCUT2D eigenvalue weighted by atomic mass is 10.2. The fraction of sp³-hybridized carbons (Fsp3) is 0.294. The predicted molar refractivity (Wildman–Crippen MR) is 98.6 cm³/mol. The summed E-state index contributed by atoms with van der Waals surface area (Å²) in [5, 5.41) is 1.14. The molecule has 2 aromatic rings. The third kappa shape index (κ3) is 3.54. The highest BCUT2D eigenvalue weighted by Crippen LogP contribution is 2.25. The van der Waals surface area contributed by atoms with Gasteiger partial charge in [0.05, 0.1) is 4.90 Å². The molecule has 4 nitrogen and oxygen atoms in total. The molecule has 0 N–H and O–H groups in total. The zero-order valence-electron chi connectivity index (χ0n) is 13.2. The Bertz CT molecular complexity index is 847. The summed E-state index contributed by atoms with van der Waals surface area (Å²) in [4.78, 5) is 2.38. The van der Waals surface area contributed by atoms with Crippen molar-refractivity contribution in [3.8, 4) is 0 Å². The minimum absolute atomic E-state index is 0.245. The summed E-state index contributed by atoms with van der Waals surface area (Å²) in [6.45, 7) is 3.96. The van der Waals surface area contributed by atoms with Crippen LogP contribution in [0.1, 0.15) is 5.56 Å². The second kappa shape index (κ2) is 6.92. The molecule has 1 aliphatic rings. The average Bonchev–Trinajstić information content (AvgIpc) is 2.57. The van der Waals surface area contributed by atoms with E-state index in [0.29, 0.717) is 36.2 Å². The highest BCUT2D eigenvalue weighted by molar-refractivity contribution is 7.89. The van der Waals surface area contributed by atoms with E-state index in [1.165, 1.54) is 10.4 Å². The predicted octanol–water partition coefficient (Wildman–Crippen LogP) is 3.81. The molecule has 1 saturated heterocycles. The molecule has 128 valence electrons. The maximum atomic E-state index is 12.8. The lowest BCUT2D eigenvalue weighted by molar-refractivity contribution is 0.385. The highest BCUT2D eigenvalue weighted by atomic mass is 35.5. The second-order valence-electron chi connectivity index (χ2n) is 5.78. The van der Waals surface area contributed by atoms with Crippen LogP contribution in [0.5, 0.6) is 0 Å². The van der Waals surface area contributed by atoms with Crippen LogP contribution in [0.2, 0.25) is 10.0 Å². The van der Waals surface area contributed by atoms with E-state index in [-0.39, 0.29) is 4.90 Å². The Labute approximate surface area is 152 Å². The molecule has 2 aromatic carbocycles. The number of hydrogen-bond donors (Lipinski definition) is 0. The van der Waals surface area contributed by atoms with Crippen LogP contribution in [-0.4, -0.2) is 38.9 Å². The van der Waals surface area contributed by atoms with Gasteiger partial charge in [-0.1, -0.05) is 35.3 Å². The van der Waals surface area contributed by atoms with Gasteiger partial charge in [0.15, 0.2) is 0 Å². The van der Waals surface area contributed by atoms with Gasteiger partial charge in [-0.05, 0) is 42.8 Å². The third-order valence-electron chi connectivity index (χ3n) is 4.19. The first kappa shape index (κ1) is 17.5. The van der Waals surface area contributed by atoms with Crippen LogP contribution < -0.4 is 4.90 Å². The molecule has 0 saturated carbocycles. The average molecular weight is 385 g/mol. The monoisotopic (exact) mass is 384 g/mol. The molecule has 0 aromatic heterocycles. The smallest absolute Gasteiger partial charge is 0.243 e. The Hall–Kier alpha value is -1.27. The minimum atomic E-state index is -3.52. The maximum Gasteiger partial charge on any atom is 0.243 e. The van der Waals surface area contributed by atoms with Crippen LogP contribution in [0.15, 0.2) is 47.4 Å². The number of aryl methyl sites for hydroxylation is 1. The third-order valence-corrected chi connectivity index (χ3v) is 6.73. The van der Waals surface area contributed by atoms with Crippen LogP contribution in [0.4, 0.5) is 5.69 Å². The molecule has 0 unspecified atom stereocenters. The fourth-order valence-electron chi connectivity index (χ4n) is 2.74. The standard InChI is InChI=1S/C17H18Cl2N2O2S/c1-13-5-6-16(12-17(13)19)24(22,23)21-9-7-20(8-10-21)15-4-2-3-14(18)11-15/h2-6,11-12H,7-10H2,1H3. The zero-order valence-corrected chi connectivity index (χ0v) is 15.6. The molecule has 0 spiro atoms. The first-order valence-electron chi connectivity index (χ1n) is 7.65. The second-order valence-corrected chi connectivity index (χ2v) is 8.56. The number of nitrogens with zero attached hydrogens (tertiary/aromatic N) is 2. The Kier molecular flexibility index (Phi) is 5.06. The van der Waals surface area contributed by atoms with Gasteiger partial charge in [-0.25, -0.2) is 8.42 Å². The molecule has 1 aliphatic heterocycles. The van der Waals surface area contributed by atoms with Crippen molar-refractivity contribution in [2.24, 2.45) is 0 Å². The number of rotatable bonds is 3. The lowest BCUT2D eigenvalue weighted by Crippen LogP contribution is -2.48. The van der Waals surface area contributed by atoms with E-state index in [1.807, 2.05) is 31.2 Å². The van der Waals surface area contributed by atoms with Gasteiger partial charge in [0.25, 0.3) is 0 Å². The van der Waals surface area contributed by atoms with Crippen LogP contribution in [0.25, 0.3) is 0 Å². The summed E-state index contributed by atoms with van der Waals surface area (Å²) in [5.41, 5.74) is 1.87. The Morgan fingerprint density at radius 1 is 0.958 bits per heavy atom. The van der Waals surface area contributed by atoms with Crippen molar-refractivity contribution in [3.05, 3.63) is 58.1 Å². The number of benzene rings is 2. The van der Waals surface area contributed by atoms with Crippen LogP contribution >= 0.6 is 23.2 Å². The van der Waals surface area contributed by atoms with E-state index in [4.69, 9.17) is 23.2 Å². The summed E-state index contributed by atoms with van der Waals surface area (Å²) in [6, 6.07) is 12.5. The number of halogens is 2. The number of hydrogen-bond acceptors (Lipinski definition) is 3. The number of sulfonamides is 1. The summed E-state index contributed by atoms with van der Waals surface area (Å²) in [5.74, 6) is 0. The van der Waals surface area contributed by atoms with Gasteiger partial charge in [0.2, 0.25) is 10.0 Å². The van der Waals surface area contributed by atoms with Crippen molar-refractivity contribution in [2.45, 2.75) is 11.8 Å². The summed E-state index contributed by atoms with van der Waals surface area (Å²) < 4.78 is 27.1. The largest absolute Gasteiger partial charge is 0.369 e. The van der Waals surface area contributed by atoms with Gasteiger partial charge in [0.1, 0.15) is 0 Å². The SMILES string of the molecule is Cc1ccc(S(=O)(=O)N2CCN(c3cccc(Cl)c3)CC2)cc1Cl. The van der Waals surface area contributed by atoms with Crippen LogP contribution in [0.3, 0.4) is 0 Å². The van der Waals surface area contributed by atoms with Crippen molar-refractivity contribution in [1.82, 2.24) is 4.31 Å².